The third-order valence-corrected chi connectivity index (χ3v) is 6.03. The number of esters is 2. The van der Waals surface area contributed by atoms with Crippen LogP contribution in [-0.2, 0) is 31.9 Å². The van der Waals surface area contributed by atoms with Crippen LogP contribution in [0.3, 0.4) is 0 Å². The molecule has 0 aromatic heterocycles. The topological polar surface area (TPSA) is 148 Å². The van der Waals surface area contributed by atoms with Crippen LogP contribution < -0.4 is 11.5 Å². The van der Waals surface area contributed by atoms with Crippen LogP contribution in [0, 0.1) is 10.1 Å². The highest BCUT2D eigenvalue weighted by molar-refractivity contribution is 5.80. The van der Waals surface area contributed by atoms with E-state index < -0.39 is 34.7 Å². The third-order valence-electron chi connectivity index (χ3n) is 6.03. The van der Waals surface area contributed by atoms with Crippen molar-refractivity contribution in [3.8, 4) is 11.1 Å². The Kier molecular flexibility index (Phi) is 9.10. The van der Waals surface area contributed by atoms with Crippen molar-refractivity contribution in [1.29, 1.82) is 0 Å². The number of para-hydroxylation sites is 1. The van der Waals surface area contributed by atoms with Crippen LogP contribution in [0.2, 0.25) is 0 Å². The minimum absolute atomic E-state index is 0.0524. The van der Waals surface area contributed by atoms with Gasteiger partial charge in [-0.1, -0.05) is 73.7 Å². The van der Waals surface area contributed by atoms with Gasteiger partial charge in [-0.05, 0) is 35.6 Å². The molecule has 0 saturated carbocycles. The van der Waals surface area contributed by atoms with E-state index in [1.165, 1.54) is 13.0 Å². The smallest absolute Gasteiger partial charge is 0.326 e. The standard InChI is InChI=1S/C28H31N3O6/c1-3-28(2,36-26(32)23(29)17-19-11-5-4-6-12-19)37-27(33)24(30)18-20-13-7-8-14-21(20)22-15-9-10-16-25(22)31(34)35/h4-16,23-24H,3,17-18,29-30H2,1-2H3. The van der Waals surface area contributed by atoms with Crippen molar-refractivity contribution in [2.75, 3.05) is 0 Å². The molecule has 0 spiro atoms. The lowest BCUT2D eigenvalue weighted by Gasteiger charge is -2.30. The summed E-state index contributed by atoms with van der Waals surface area (Å²) in [6.07, 6.45) is 0.514. The number of carbonyl (C=O) groups is 2. The highest BCUT2D eigenvalue weighted by Gasteiger charge is 2.35. The zero-order valence-electron chi connectivity index (χ0n) is 20.8. The number of nitro groups is 1. The van der Waals surface area contributed by atoms with E-state index in [1.54, 1.807) is 49.4 Å². The van der Waals surface area contributed by atoms with E-state index in [-0.39, 0.29) is 24.9 Å². The Morgan fingerprint density at radius 1 is 0.838 bits per heavy atom. The Morgan fingerprint density at radius 2 is 1.35 bits per heavy atom. The molecular weight excluding hydrogens is 474 g/mol. The first-order valence-corrected chi connectivity index (χ1v) is 12.0. The third kappa shape index (κ3) is 7.22. The Labute approximate surface area is 215 Å². The molecule has 37 heavy (non-hydrogen) atoms. The molecule has 194 valence electrons. The molecule has 3 aromatic rings. The highest BCUT2D eigenvalue weighted by atomic mass is 16.7. The molecule has 0 bridgehead atoms. The number of hydrogen-bond acceptors (Lipinski definition) is 8. The molecule has 9 heteroatoms. The van der Waals surface area contributed by atoms with Gasteiger partial charge in [0.1, 0.15) is 12.1 Å². The summed E-state index contributed by atoms with van der Waals surface area (Å²) in [7, 11) is 0. The zero-order valence-corrected chi connectivity index (χ0v) is 20.8. The van der Waals surface area contributed by atoms with Crippen LogP contribution >= 0.6 is 0 Å². The van der Waals surface area contributed by atoms with E-state index in [0.29, 0.717) is 16.7 Å². The van der Waals surface area contributed by atoms with Crippen LogP contribution in [0.25, 0.3) is 11.1 Å². The Bertz CT molecular complexity index is 1250. The van der Waals surface area contributed by atoms with Crippen molar-refractivity contribution in [2.45, 2.75) is 51.0 Å². The van der Waals surface area contributed by atoms with Crippen molar-refractivity contribution in [3.63, 3.8) is 0 Å². The van der Waals surface area contributed by atoms with Crippen molar-refractivity contribution < 1.29 is 24.0 Å². The number of hydrogen-bond donors (Lipinski definition) is 2. The molecule has 0 aliphatic heterocycles. The van der Waals surface area contributed by atoms with Crippen molar-refractivity contribution in [1.82, 2.24) is 0 Å². The normalized spacial score (nSPS) is 14.2. The summed E-state index contributed by atoms with van der Waals surface area (Å²) in [5, 5.41) is 11.5. The van der Waals surface area contributed by atoms with Gasteiger partial charge in [0.2, 0.25) is 0 Å². The minimum Gasteiger partial charge on any atom is -0.422 e. The maximum atomic E-state index is 12.9. The van der Waals surface area contributed by atoms with Gasteiger partial charge in [-0.3, -0.25) is 19.7 Å². The lowest BCUT2D eigenvalue weighted by molar-refractivity contribution is -0.384. The predicted molar refractivity (Wildman–Crippen MR) is 139 cm³/mol. The second-order valence-corrected chi connectivity index (χ2v) is 8.87. The molecule has 3 unspecified atom stereocenters. The van der Waals surface area contributed by atoms with Gasteiger partial charge in [-0.15, -0.1) is 0 Å². The number of carbonyl (C=O) groups excluding carboxylic acids is 2. The fraction of sp³-hybridized carbons (Fsp3) is 0.286. The summed E-state index contributed by atoms with van der Waals surface area (Å²) in [6.45, 7) is 3.19. The zero-order chi connectivity index (χ0) is 27.0. The summed E-state index contributed by atoms with van der Waals surface area (Å²) in [5.74, 6) is -3.03. The van der Waals surface area contributed by atoms with Gasteiger partial charge >= 0.3 is 11.9 Å². The molecule has 3 aromatic carbocycles. The first-order valence-electron chi connectivity index (χ1n) is 12.0. The molecule has 0 heterocycles. The first-order chi connectivity index (χ1) is 17.6. The van der Waals surface area contributed by atoms with Crippen LogP contribution in [0.4, 0.5) is 5.69 Å². The van der Waals surface area contributed by atoms with Gasteiger partial charge in [0.25, 0.3) is 11.5 Å². The summed E-state index contributed by atoms with van der Waals surface area (Å²) < 4.78 is 11.0. The SMILES string of the molecule is CCC(C)(OC(=O)C(N)Cc1ccccc1)OC(=O)C(N)Cc1ccccc1-c1ccccc1[N+](=O)[O-]. The van der Waals surface area contributed by atoms with Crippen LogP contribution in [0.5, 0.6) is 0 Å². The molecular formula is C28H31N3O6. The number of rotatable bonds is 11. The fourth-order valence-electron chi connectivity index (χ4n) is 3.84. The highest BCUT2D eigenvalue weighted by Crippen LogP contribution is 2.32. The monoisotopic (exact) mass is 505 g/mol. The minimum atomic E-state index is -1.56. The van der Waals surface area contributed by atoms with E-state index in [9.17, 15) is 19.7 Å². The van der Waals surface area contributed by atoms with E-state index in [1.807, 2.05) is 30.3 Å². The van der Waals surface area contributed by atoms with E-state index in [0.717, 1.165) is 5.56 Å². The summed E-state index contributed by atoms with van der Waals surface area (Å²) in [5.41, 5.74) is 14.7. The largest absolute Gasteiger partial charge is 0.422 e. The summed E-state index contributed by atoms with van der Waals surface area (Å²) >= 11 is 0. The van der Waals surface area contributed by atoms with Crippen molar-refractivity contribution in [3.05, 3.63) is 100 Å². The number of nitro benzene ring substituents is 1. The molecule has 0 saturated heterocycles. The van der Waals surface area contributed by atoms with E-state index in [4.69, 9.17) is 20.9 Å². The predicted octanol–water partition coefficient (Wildman–Crippen LogP) is 3.91. The molecule has 0 fully saturated rings. The maximum Gasteiger partial charge on any atom is 0.326 e. The van der Waals surface area contributed by atoms with Gasteiger partial charge in [-0.2, -0.15) is 0 Å². The molecule has 0 amide bonds. The number of ether oxygens (including phenoxy) is 2. The quantitative estimate of drug-likeness (QED) is 0.172. The Balaban J connectivity index is 1.70. The second kappa shape index (κ2) is 12.2. The second-order valence-electron chi connectivity index (χ2n) is 8.87. The molecule has 4 N–H and O–H groups in total. The van der Waals surface area contributed by atoms with Crippen LogP contribution in [0.15, 0.2) is 78.9 Å². The molecule has 3 atom stereocenters. The summed E-state index contributed by atoms with van der Waals surface area (Å²) in [6, 6.07) is 20.6. The van der Waals surface area contributed by atoms with Gasteiger partial charge < -0.3 is 20.9 Å². The fourth-order valence-corrected chi connectivity index (χ4v) is 3.84. The van der Waals surface area contributed by atoms with Crippen LogP contribution in [-0.4, -0.2) is 34.7 Å². The van der Waals surface area contributed by atoms with Crippen molar-refractivity contribution >= 4 is 17.6 Å². The number of nitrogens with two attached hydrogens (primary N) is 2. The first kappa shape index (κ1) is 27.5. The van der Waals surface area contributed by atoms with Gasteiger partial charge in [0, 0.05) is 19.4 Å². The van der Waals surface area contributed by atoms with Gasteiger partial charge in [0.15, 0.2) is 0 Å². The lowest BCUT2D eigenvalue weighted by Crippen LogP contribution is -2.46. The Morgan fingerprint density at radius 3 is 1.95 bits per heavy atom. The molecule has 9 nitrogen and oxygen atoms in total. The number of nitrogens with zero attached hydrogens (tertiary/aromatic N) is 1. The van der Waals surface area contributed by atoms with Crippen molar-refractivity contribution in [2.24, 2.45) is 11.5 Å². The van der Waals surface area contributed by atoms with Gasteiger partial charge in [0.05, 0.1) is 10.5 Å². The average molecular weight is 506 g/mol. The average Bonchev–Trinajstić information content (AvgIpc) is 2.89. The van der Waals surface area contributed by atoms with Gasteiger partial charge in [-0.25, -0.2) is 0 Å². The molecule has 0 aliphatic rings. The van der Waals surface area contributed by atoms with Crippen LogP contribution in [0.1, 0.15) is 31.4 Å². The molecule has 0 aliphatic carbocycles. The number of benzene rings is 3. The molecule has 0 radical (unpaired) electrons. The molecule has 3 rings (SSSR count). The summed E-state index contributed by atoms with van der Waals surface area (Å²) in [4.78, 5) is 36.6. The maximum absolute atomic E-state index is 12.9. The van der Waals surface area contributed by atoms with E-state index in [2.05, 4.69) is 0 Å². The lowest BCUT2D eigenvalue weighted by atomic mass is 9.94. The Hall–Kier alpha value is -4.08. The van der Waals surface area contributed by atoms with E-state index >= 15 is 0 Å².